The molecule has 0 aliphatic carbocycles. The molecule has 132 valence electrons. The van der Waals surface area contributed by atoms with Crippen LogP contribution in [0.15, 0.2) is 42.7 Å². The monoisotopic (exact) mass is 342 g/mol. The van der Waals surface area contributed by atoms with Gasteiger partial charge in [-0.3, -0.25) is 9.78 Å². The number of rotatable bonds is 6. The minimum atomic E-state index is 0.0248. The summed E-state index contributed by atoms with van der Waals surface area (Å²) in [5.74, 6) is 2.17. The molecule has 0 radical (unpaired) electrons. The summed E-state index contributed by atoms with van der Waals surface area (Å²) in [6.45, 7) is 1.32. The summed E-state index contributed by atoms with van der Waals surface area (Å²) in [4.78, 5) is 18.4. The van der Waals surface area contributed by atoms with Gasteiger partial charge in [0.2, 0.25) is 5.91 Å². The first kappa shape index (κ1) is 17.1. The average Bonchev–Trinajstić information content (AvgIpc) is 3.11. The highest BCUT2D eigenvalue weighted by Crippen LogP contribution is 2.28. The van der Waals surface area contributed by atoms with Crippen LogP contribution in [-0.2, 0) is 11.2 Å². The zero-order valence-electron chi connectivity index (χ0n) is 14.5. The lowest BCUT2D eigenvalue weighted by Crippen LogP contribution is -2.32. The molecule has 1 aromatic heterocycles. The van der Waals surface area contributed by atoms with E-state index in [0.29, 0.717) is 31.0 Å². The zero-order valence-corrected chi connectivity index (χ0v) is 14.5. The van der Waals surface area contributed by atoms with Crippen LogP contribution in [0.3, 0.4) is 0 Å². The van der Waals surface area contributed by atoms with Gasteiger partial charge in [0.15, 0.2) is 11.5 Å². The number of amides is 1. The van der Waals surface area contributed by atoms with Gasteiger partial charge in [-0.05, 0) is 29.8 Å². The van der Waals surface area contributed by atoms with Crippen molar-refractivity contribution < 1.29 is 19.0 Å². The summed E-state index contributed by atoms with van der Waals surface area (Å²) in [6.07, 6.45) is 4.59. The highest BCUT2D eigenvalue weighted by molar-refractivity contribution is 5.79. The molecule has 25 heavy (non-hydrogen) atoms. The third-order valence-electron chi connectivity index (χ3n) is 4.25. The Morgan fingerprint density at radius 3 is 2.64 bits per heavy atom. The summed E-state index contributed by atoms with van der Waals surface area (Å²) in [7, 11) is 3.18. The van der Waals surface area contributed by atoms with E-state index in [0.717, 1.165) is 17.7 Å². The minimum absolute atomic E-state index is 0.0248. The van der Waals surface area contributed by atoms with E-state index in [1.54, 1.807) is 26.6 Å². The molecule has 2 heterocycles. The molecule has 0 N–H and O–H groups in total. The van der Waals surface area contributed by atoms with Crippen LogP contribution < -0.4 is 14.2 Å². The topological polar surface area (TPSA) is 60.9 Å². The van der Waals surface area contributed by atoms with Gasteiger partial charge < -0.3 is 19.1 Å². The van der Waals surface area contributed by atoms with Crippen molar-refractivity contribution in [3.05, 3.63) is 48.3 Å². The summed E-state index contributed by atoms with van der Waals surface area (Å²) in [5, 5.41) is 0. The van der Waals surface area contributed by atoms with Crippen LogP contribution in [0.1, 0.15) is 12.0 Å². The third-order valence-corrected chi connectivity index (χ3v) is 4.25. The summed E-state index contributed by atoms with van der Waals surface area (Å²) >= 11 is 0. The molecular weight excluding hydrogens is 320 g/mol. The van der Waals surface area contributed by atoms with Crippen molar-refractivity contribution in [2.45, 2.75) is 18.9 Å². The van der Waals surface area contributed by atoms with E-state index >= 15 is 0 Å². The molecule has 2 aromatic rings. The SMILES string of the molecule is COc1ccc(CC(=O)N2CC[C@H](Oc3ccncc3)C2)cc1OC. The van der Waals surface area contributed by atoms with Crippen molar-refractivity contribution in [1.29, 1.82) is 0 Å². The molecule has 0 spiro atoms. The van der Waals surface area contributed by atoms with Crippen molar-refractivity contribution in [2.24, 2.45) is 0 Å². The van der Waals surface area contributed by atoms with Gasteiger partial charge in [-0.1, -0.05) is 6.07 Å². The molecule has 3 rings (SSSR count). The molecule has 0 bridgehead atoms. The first-order valence-electron chi connectivity index (χ1n) is 8.25. The normalized spacial score (nSPS) is 16.6. The number of hydrogen-bond donors (Lipinski definition) is 0. The Balaban J connectivity index is 1.57. The lowest BCUT2D eigenvalue weighted by Gasteiger charge is -2.18. The van der Waals surface area contributed by atoms with E-state index in [2.05, 4.69) is 4.98 Å². The van der Waals surface area contributed by atoms with Crippen LogP contribution in [0.5, 0.6) is 17.2 Å². The maximum atomic E-state index is 12.6. The van der Waals surface area contributed by atoms with Crippen molar-refractivity contribution in [1.82, 2.24) is 9.88 Å². The van der Waals surface area contributed by atoms with Gasteiger partial charge in [0, 0.05) is 25.4 Å². The Hall–Kier alpha value is -2.76. The first-order valence-corrected chi connectivity index (χ1v) is 8.25. The minimum Gasteiger partial charge on any atom is -0.493 e. The molecular formula is C19H22N2O4. The Labute approximate surface area is 147 Å². The Morgan fingerprint density at radius 1 is 1.16 bits per heavy atom. The highest BCUT2D eigenvalue weighted by Gasteiger charge is 2.27. The number of likely N-dealkylation sites (tertiary alicyclic amines) is 1. The number of hydrogen-bond acceptors (Lipinski definition) is 5. The average molecular weight is 342 g/mol. The van der Waals surface area contributed by atoms with Crippen molar-refractivity contribution >= 4 is 5.91 Å². The third kappa shape index (κ3) is 4.21. The number of pyridine rings is 1. The van der Waals surface area contributed by atoms with Gasteiger partial charge in [-0.2, -0.15) is 0 Å². The second-order valence-corrected chi connectivity index (χ2v) is 5.92. The summed E-state index contributed by atoms with van der Waals surface area (Å²) in [5.41, 5.74) is 0.904. The van der Waals surface area contributed by atoms with E-state index in [4.69, 9.17) is 14.2 Å². The van der Waals surface area contributed by atoms with Gasteiger partial charge in [-0.15, -0.1) is 0 Å². The maximum absolute atomic E-state index is 12.6. The standard InChI is InChI=1S/C19H22N2O4/c1-23-17-4-3-14(11-18(17)24-2)12-19(22)21-10-7-16(13-21)25-15-5-8-20-9-6-15/h3-6,8-9,11,16H,7,10,12-13H2,1-2H3/t16-/m0/s1. The van der Waals surface area contributed by atoms with Crippen molar-refractivity contribution in [3.63, 3.8) is 0 Å². The van der Waals surface area contributed by atoms with E-state index in [1.165, 1.54) is 0 Å². The van der Waals surface area contributed by atoms with E-state index in [-0.39, 0.29) is 12.0 Å². The lowest BCUT2D eigenvalue weighted by molar-refractivity contribution is -0.129. The second-order valence-electron chi connectivity index (χ2n) is 5.92. The van der Waals surface area contributed by atoms with Gasteiger partial charge in [-0.25, -0.2) is 0 Å². The van der Waals surface area contributed by atoms with Crippen LogP contribution in [0.4, 0.5) is 0 Å². The Morgan fingerprint density at radius 2 is 1.92 bits per heavy atom. The smallest absolute Gasteiger partial charge is 0.227 e. The molecule has 6 nitrogen and oxygen atoms in total. The van der Waals surface area contributed by atoms with Crippen LogP contribution in [-0.4, -0.2) is 49.2 Å². The highest BCUT2D eigenvalue weighted by atomic mass is 16.5. The number of ether oxygens (including phenoxy) is 3. The summed E-state index contributed by atoms with van der Waals surface area (Å²) in [6, 6.07) is 9.21. The fraction of sp³-hybridized carbons (Fsp3) is 0.368. The van der Waals surface area contributed by atoms with E-state index in [1.807, 2.05) is 35.2 Å². The molecule has 1 aromatic carbocycles. The fourth-order valence-electron chi connectivity index (χ4n) is 2.94. The predicted molar refractivity (Wildman–Crippen MR) is 93.1 cm³/mol. The Kier molecular flexibility index (Phi) is 5.38. The fourth-order valence-corrected chi connectivity index (χ4v) is 2.94. The van der Waals surface area contributed by atoms with Gasteiger partial charge in [0.25, 0.3) is 0 Å². The number of nitrogens with zero attached hydrogens (tertiary/aromatic N) is 2. The van der Waals surface area contributed by atoms with Gasteiger partial charge in [0.05, 0.1) is 27.2 Å². The number of methoxy groups -OCH3 is 2. The molecule has 0 unspecified atom stereocenters. The van der Waals surface area contributed by atoms with Crippen LogP contribution >= 0.6 is 0 Å². The molecule has 1 fully saturated rings. The van der Waals surface area contributed by atoms with Gasteiger partial charge in [0.1, 0.15) is 11.9 Å². The van der Waals surface area contributed by atoms with Crippen LogP contribution in [0.2, 0.25) is 0 Å². The largest absolute Gasteiger partial charge is 0.493 e. The number of carbonyl (C=O) groups is 1. The lowest BCUT2D eigenvalue weighted by atomic mass is 10.1. The molecule has 1 aliphatic heterocycles. The van der Waals surface area contributed by atoms with Gasteiger partial charge >= 0.3 is 0 Å². The van der Waals surface area contributed by atoms with Crippen LogP contribution in [0.25, 0.3) is 0 Å². The maximum Gasteiger partial charge on any atom is 0.227 e. The molecule has 1 saturated heterocycles. The van der Waals surface area contributed by atoms with Crippen molar-refractivity contribution in [3.8, 4) is 17.2 Å². The van der Waals surface area contributed by atoms with Crippen LogP contribution in [0, 0.1) is 0 Å². The molecule has 6 heteroatoms. The quantitative estimate of drug-likeness (QED) is 0.806. The molecule has 1 amide bonds. The molecule has 0 saturated carbocycles. The van der Waals surface area contributed by atoms with E-state index < -0.39 is 0 Å². The molecule has 1 atom stereocenters. The Bertz CT molecular complexity index is 721. The first-order chi connectivity index (χ1) is 12.2. The number of carbonyl (C=O) groups excluding carboxylic acids is 1. The second kappa shape index (κ2) is 7.88. The van der Waals surface area contributed by atoms with Crippen molar-refractivity contribution in [2.75, 3.05) is 27.3 Å². The zero-order chi connectivity index (χ0) is 17.6. The number of aromatic nitrogens is 1. The number of benzene rings is 1. The van der Waals surface area contributed by atoms with E-state index in [9.17, 15) is 4.79 Å². The summed E-state index contributed by atoms with van der Waals surface area (Å²) < 4.78 is 16.4. The molecule has 1 aliphatic rings. The predicted octanol–water partition coefficient (Wildman–Crippen LogP) is 2.32.